The molecule has 0 aliphatic rings. The normalized spacial score (nSPS) is 12.3. The van der Waals surface area contributed by atoms with Gasteiger partial charge in [-0.3, -0.25) is 14.1 Å². The lowest BCUT2D eigenvalue weighted by atomic mass is 10.2. The van der Waals surface area contributed by atoms with Crippen LogP contribution in [0.15, 0.2) is 64.3 Å². The molecule has 4 aromatic rings. The zero-order valence-electron chi connectivity index (χ0n) is 17.0. The Morgan fingerprint density at radius 1 is 1.03 bits per heavy atom. The van der Waals surface area contributed by atoms with Crippen molar-refractivity contribution in [1.29, 1.82) is 0 Å². The van der Waals surface area contributed by atoms with Gasteiger partial charge >= 0.3 is 11.0 Å². The average Bonchev–Trinajstić information content (AvgIpc) is 3.38. The Balaban J connectivity index is 1.64. The van der Waals surface area contributed by atoms with Crippen molar-refractivity contribution in [3.8, 4) is 11.4 Å². The summed E-state index contributed by atoms with van der Waals surface area (Å²) in [7, 11) is -4.04. The first-order chi connectivity index (χ1) is 15.6. The molecule has 0 aliphatic heterocycles. The number of benzene rings is 2. The first-order valence-electron chi connectivity index (χ1n) is 9.88. The molecular weight excluding hydrogens is 495 g/mol. The number of thiophene rings is 1. The first kappa shape index (κ1) is 23.5. The van der Waals surface area contributed by atoms with Crippen molar-refractivity contribution < 1.29 is 21.6 Å². The third-order valence-electron chi connectivity index (χ3n) is 4.89. The zero-order valence-corrected chi connectivity index (χ0v) is 19.5. The number of halogens is 3. The number of hydrogen-bond acceptors (Lipinski definition) is 6. The lowest BCUT2D eigenvalue weighted by molar-refractivity contribution is -0.135. The second-order valence-electron chi connectivity index (χ2n) is 7.24. The number of fused-ring (bicyclic) bond motifs is 1. The van der Waals surface area contributed by atoms with Crippen LogP contribution in [0.2, 0.25) is 0 Å². The van der Waals surface area contributed by atoms with E-state index < -0.39 is 22.6 Å². The van der Waals surface area contributed by atoms with Gasteiger partial charge in [0.2, 0.25) is 0 Å². The van der Waals surface area contributed by atoms with Gasteiger partial charge in [0.1, 0.15) is 5.00 Å². The second kappa shape index (κ2) is 9.27. The minimum atomic E-state index is -4.28. The van der Waals surface area contributed by atoms with Crippen molar-refractivity contribution in [2.75, 3.05) is 10.8 Å². The molecule has 12 heteroatoms. The highest BCUT2D eigenvalue weighted by Crippen LogP contribution is 2.36. The van der Waals surface area contributed by atoms with Gasteiger partial charge in [0.15, 0.2) is 5.82 Å². The maximum Gasteiger partial charge on any atom is 0.389 e. The number of alkyl halides is 3. The van der Waals surface area contributed by atoms with Crippen LogP contribution in [0, 0.1) is 0 Å². The van der Waals surface area contributed by atoms with Gasteiger partial charge in [-0.2, -0.15) is 17.5 Å². The second-order valence-corrected chi connectivity index (χ2v) is 10.9. The molecule has 33 heavy (non-hydrogen) atoms. The smallest absolute Gasteiger partial charge is 0.296 e. The Bertz CT molecular complexity index is 1370. The van der Waals surface area contributed by atoms with E-state index in [0.29, 0.717) is 16.4 Å². The zero-order chi connectivity index (χ0) is 23.6. The van der Waals surface area contributed by atoms with Crippen LogP contribution in [0.5, 0.6) is 0 Å². The van der Waals surface area contributed by atoms with Gasteiger partial charge in [-0.1, -0.05) is 18.2 Å². The van der Waals surface area contributed by atoms with Crippen molar-refractivity contribution in [2.24, 2.45) is 0 Å². The molecule has 0 atom stereocenters. The van der Waals surface area contributed by atoms with Crippen LogP contribution in [-0.2, 0) is 10.0 Å². The number of sulfonamides is 1. The Morgan fingerprint density at radius 3 is 2.39 bits per heavy atom. The van der Waals surface area contributed by atoms with Crippen molar-refractivity contribution in [1.82, 2.24) is 9.36 Å². The molecule has 2 heterocycles. The maximum absolute atomic E-state index is 13.5. The number of aromatic nitrogens is 2. The Labute approximate surface area is 195 Å². The van der Waals surface area contributed by atoms with E-state index in [0.717, 1.165) is 21.6 Å². The Morgan fingerprint density at radius 2 is 1.76 bits per heavy atom. The molecule has 6 nitrogen and oxygen atoms in total. The predicted molar refractivity (Wildman–Crippen MR) is 124 cm³/mol. The van der Waals surface area contributed by atoms with Gasteiger partial charge in [-0.25, -0.2) is 8.42 Å². The van der Waals surface area contributed by atoms with E-state index in [9.17, 15) is 26.4 Å². The number of nitrogens with one attached hydrogen (secondary N) is 1. The number of nitrogens with zero attached hydrogens (tertiary/aromatic N) is 2. The lowest BCUT2D eigenvalue weighted by Gasteiger charge is -2.23. The van der Waals surface area contributed by atoms with Crippen LogP contribution < -0.4 is 9.18 Å². The highest BCUT2D eigenvalue weighted by molar-refractivity contribution is 7.93. The van der Waals surface area contributed by atoms with E-state index in [2.05, 4.69) is 9.36 Å². The highest BCUT2D eigenvalue weighted by atomic mass is 32.2. The summed E-state index contributed by atoms with van der Waals surface area (Å²) in [5.74, 6) is 0.336. The van der Waals surface area contributed by atoms with Crippen LogP contribution in [0.4, 0.5) is 18.2 Å². The van der Waals surface area contributed by atoms with Crippen LogP contribution in [-0.4, -0.2) is 30.5 Å². The van der Waals surface area contributed by atoms with Gasteiger partial charge in [-0.15, -0.1) is 11.3 Å². The summed E-state index contributed by atoms with van der Waals surface area (Å²) in [6, 6.07) is 15.0. The molecule has 0 saturated carbocycles. The van der Waals surface area contributed by atoms with E-state index in [1.54, 1.807) is 6.07 Å². The van der Waals surface area contributed by atoms with Crippen molar-refractivity contribution in [3.05, 3.63) is 64.3 Å². The van der Waals surface area contributed by atoms with E-state index in [1.165, 1.54) is 39.9 Å². The number of aromatic amines is 1. The molecule has 0 aliphatic carbocycles. The first-order valence-corrected chi connectivity index (χ1v) is 12.9. The summed E-state index contributed by atoms with van der Waals surface area (Å²) in [4.78, 5) is 13.6. The van der Waals surface area contributed by atoms with Gasteiger partial charge in [-0.05, 0) is 54.6 Å². The van der Waals surface area contributed by atoms with Crippen LogP contribution >= 0.6 is 22.9 Å². The Kier molecular flexibility index (Phi) is 6.59. The quantitative estimate of drug-likeness (QED) is 0.309. The molecule has 0 bridgehead atoms. The summed E-state index contributed by atoms with van der Waals surface area (Å²) >= 11 is 2.03. The van der Waals surface area contributed by atoms with Crippen LogP contribution in [0.1, 0.15) is 19.3 Å². The molecule has 0 radical (unpaired) electrons. The molecule has 0 unspecified atom stereocenters. The van der Waals surface area contributed by atoms with Gasteiger partial charge in [0.25, 0.3) is 10.0 Å². The van der Waals surface area contributed by atoms with Gasteiger partial charge in [0, 0.05) is 34.8 Å². The molecule has 0 saturated heterocycles. The van der Waals surface area contributed by atoms with Crippen LogP contribution in [0.25, 0.3) is 21.5 Å². The number of anilines is 1. The molecule has 0 fully saturated rings. The SMILES string of the molecule is O=c1[nH]c(-c2ccc(S(=O)(=O)N(CCCCC(F)(F)F)c3cc4ccccc4s3)cc2)ns1. The Hall–Kier alpha value is -2.70. The molecule has 2 aromatic carbocycles. The maximum atomic E-state index is 13.5. The fourth-order valence-electron chi connectivity index (χ4n) is 3.29. The van der Waals surface area contributed by atoms with Crippen molar-refractivity contribution >= 4 is 48.0 Å². The monoisotopic (exact) mass is 513 g/mol. The molecule has 4 rings (SSSR count). The number of rotatable bonds is 8. The van der Waals surface area contributed by atoms with Gasteiger partial charge < -0.3 is 0 Å². The van der Waals surface area contributed by atoms with Crippen LogP contribution in [0.3, 0.4) is 0 Å². The van der Waals surface area contributed by atoms with E-state index in [1.807, 2.05) is 24.3 Å². The fourth-order valence-corrected chi connectivity index (χ4v) is 6.55. The lowest BCUT2D eigenvalue weighted by Crippen LogP contribution is -2.31. The minimum absolute atomic E-state index is 0.00268. The summed E-state index contributed by atoms with van der Waals surface area (Å²) in [6.07, 6.45) is -5.36. The van der Waals surface area contributed by atoms with E-state index in [-0.39, 0.29) is 29.2 Å². The van der Waals surface area contributed by atoms with Gasteiger partial charge in [0.05, 0.1) is 4.90 Å². The van der Waals surface area contributed by atoms with Crippen molar-refractivity contribution in [2.45, 2.75) is 30.3 Å². The predicted octanol–water partition coefficient (Wildman–Crippen LogP) is 5.64. The molecular formula is C21H18F3N3O3S3. The highest BCUT2D eigenvalue weighted by Gasteiger charge is 2.29. The fraction of sp³-hybridized carbons (Fsp3) is 0.238. The summed E-state index contributed by atoms with van der Waals surface area (Å²) in [5.41, 5.74) is 0.547. The minimum Gasteiger partial charge on any atom is -0.296 e. The standard InChI is InChI=1S/C21H18F3N3O3S3/c22-21(23,24)11-3-4-12-27(18-13-15-5-1-2-6-17(15)31-18)33(29,30)16-9-7-14(8-10-16)19-25-20(28)32-26-19/h1-2,5-10,13H,3-4,11-12H2,(H,25,26,28). The molecule has 0 spiro atoms. The molecule has 1 N–H and O–H groups in total. The average molecular weight is 514 g/mol. The van der Waals surface area contributed by atoms with E-state index in [4.69, 9.17) is 0 Å². The number of unbranched alkanes of at least 4 members (excludes halogenated alkanes) is 1. The molecule has 2 aromatic heterocycles. The summed E-state index contributed by atoms with van der Waals surface area (Å²) < 4.78 is 70.7. The number of H-pyrrole nitrogens is 1. The summed E-state index contributed by atoms with van der Waals surface area (Å²) in [5, 5.41) is 1.30. The van der Waals surface area contributed by atoms with E-state index >= 15 is 0 Å². The summed E-state index contributed by atoms with van der Waals surface area (Å²) in [6.45, 7) is -0.0770. The third-order valence-corrected chi connectivity index (χ3v) is 8.51. The third kappa shape index (κ3) is 5.45. The molecule has 174 valence electrons. The topological polar surface area (TPSA) is 83.1 Å². The largest absolute Gasteiger partial charge is 0.389 e. The van der Waals surface area contributed by atoms with Crippen molar-refractivity contribution in [3.63, 3.8) is 0 Å². The molecule has 0 amide bonds. The number of hydrogen-bond donors (Lipinski definition) is 1.